The molecule has 0 aromatic heterocycles. The summed E-state index contributed by atoms with van der Waals surface area (Å²) in [6.45, 7) is 3.99. The van der Waals surface area contributed by atoms with Crippen molar-refractivity contribution in [3.05, 3.63) is 34.9 Å². The molecule has 1 aromatic rings. The normalized spacial score (nSPS) is 28.9. The Kier molecular flexibility index (Phi) is 6.80. The summed E-state index contributed by atoms with van der Waals surface area (Å²) < 4.78 is 5.27. The number of nitrogens with one attached hydrogen (secondary N) is 2. The fourth-order valence-electron chi connectivity index (χ4n) is 6.39. The van der Waals surface area contributed by atoms with Crippen LogP contribution < -0.4 is 10.6 Å². The molecule has 4 saturated carbocycles. The number of hydrogen-bond acceptors (Lipinski definition) is 4. The molecule has 1 aromatic carbocycles. The Hall–Kier alpha value is -2.08. The number of amides is 2. The van der Waals surface area contributed by atoms with E-state index in [0.717, 1.165) is 17.8 Å². The van der Waals surface area contributed by atoms with Gasteiger partial charge in [0.2, 0.25) is 0 Å². The quantitative estimate of drug-likeness (QED) is 0.575. The molecule has 6 nitrogen and oxygen atoms in total. The van der Waals surface area contributed by atoms with Gasteiger partial charge in [0.25, 0.3) is 11.8 Å². The summed E-state index contributed by atoms with van der Waals surface area (Å²) >= 11 is 5.86. The molecule has 32 heavy (non-hydrogen) atoms. The van der Waals surface area contributed by atoms with Crippen molar-refractivity contribution in [2.24, 2.45) is 29.1 Å². The molecule has 4 aliphatic carbocycles. The maximum absolute atomic E-state index is 12.6. The van der Waals surface area contributed by atoms with Crippen molar-refractivity contribution < 1.29 is 19.1 Å². The summed E-state index contributed by atoms with van der Waals surface area (Å²) in [7, 11) is 0. The van der Waals surface area contributed by atoms with E-state index in [-0.39, 0.29) is 29.8 Å². The van der Waals surface area contributed by atoms with Crippen LogP contribution in [0.1, 0.15) is 62.7 Å². The molecule has 0 radical (unpaired) electrons. The SMILES string of the molecule is CC(C)C(NC(=O)c1ccc(Cl)cc1)C(=O)OCC(=O)NCC12CC3CC(CC(C3)C1)C2. The predicted molar refractivity (Wildman–Crippen MR) is 122 cm³/mol. The molecule has 4 fully saturated rings. The second-order valence-corrected chi connectivity index (χ2v) is 10.9. The Bertz CT molecular complexity index is 832. The second kappa shape index (κ2) is 9.42. The zero-order chi connectivity index (χ0) is 22.9. The molecule has 2 N–H and O–H groups in total. The summed E-state index contributed by atoms with van der Waals surface area (Å²) in [5, 5.41) is 6.26. The largest absolute Gasteiger partial charge is 0.454 e. The molecule has 1 unspecified atom stereocenters. The van der Waals surface area contributed by atoms with Gasteiger partial charge >= 0.3 is 5.97 Å². The number of ether oxygens (including phenoxy) is 1. The fourth-order valence-corrected chi connectivity index (χ4v) is 6.52. The highest BCUT2D eigenvalue weighted by Gasteiger charge is 2.50. The van der Waals surface area contributed by atoms with Crippen molar-refractivity contribution in [1.82, 2.24) is 10.6 Å². The summed E-state index contributed by atoms with van der Waals surface area (Å²) in [4.78, 5) is 37.5. The van der Waals surface area contributed by atoms with Gasteiger partial charge in [-0.1, -0.05) is 25.4 Å². The van der Waals surface area contributed by atoms with Crippen LogP contribution in [-0.2, 0) is 14.3 Å². The molecule has 4 aliphatic rings. The van der Waals surface area contributed by atoms with E-state index in [9.17, 15) is 14.4 Å². The first-order chi connectivity index (χ1) is 15.2. The van der Waals surface area contributed by atoms with E-state index >= 15 is 0 Å². The van der Waals surface area contributed by atoms with Crippen LogP contribution in [0.2, 0.25) is 5.02 Å². The summed E-state index contributed by atoms with van der Waals surface area (Å²) in [6, 6.07) is 5.59. The summed E-state index contributed by atoms with van der Waals surface area (Å²) in [5.41, 5.74) is 0.641. The lowest BCUT2D eigenvalue weighted by atomic mass is 9.49. The molecule has 2 amide bonds. The number of halogens is 1. The lowest BCUT2D eigenvalue weighted by molar-refractivity contribution is -0.151. The van der Waals surface area contributed by atoms with E-state index in [2.05, 4.69) is 10.6 Å². The third-order valence-electron chi connectivity index (χ3n) is 7.48. The number of carbonyl (C=O) groups is 3. The minimum Gasteiger partial charge on any atom is -0.454 e. The van der Waals surface area contributed by atoms with E-state index in [1.807, 2.05) is 13.8 Å². The van der Waals surface area contributed by atoms with Gasteiger partial charge in [-0.2, -0.15) is 0 Å². The molecule has 7 heteroatoms. The van der Waals surface area contributed by atoms with Gasteiger partial charge in [-0.15, -0.1) is 0 Å². The smallest absolute Gasteiger partial charge is 0.329 e. The number of benzene rings is 1. The Morgan fingerprint density at radius 1 is 1.03 bits per heavy atom. The van der Waals surface area contributed by atoms with Crippen LogP contribution in [-0.4, -0.2) is 37.0 Å². The van der Waals surface area contributed by atoms with Crippen molar-refractivity contribution in [2.75, 3.05) is 13.2 Å². The Labute approximate surface area is 194 Å². The number of rotatable bonds is 8. The molecule has 174 valence electrons. The number of esters is 1. The summed E-state index contributed by atoms with van der Waals surface area (Å²) in [6.07, 6.45) is 7.73. The third kappa shape index (κ3) is 5.28. The molecule has 4 bridgehead atoms. The lowest BCUT2D eigenvalue weighted by Gasteiger charge is -2.56. The van der Waals surface area contributed by atoms with Crippen LogP contribution in [0.25, 0.3) is 0 Å². The maximum Gasteiger partial charge on any atom is 0.329 e. The van der Waals surface area contributed by atoms with E-state index < -0.39 is 12.0 Å². The van der Waals surface area contributed by atoms with Gasteiger partial charge in [0.15, 0.2) is 6.61 Å². The Morgan fingerprint density at radius 3 is 2.12 bits per heavy atom. The van der Waals surface area contributed by atoms with Gasteiger partial charge < -0.3 is 15.4 Å². The van der Waals surface area contributed by atoms with Crippen LogP contribution in [0.3, 0.4) is 0 Å². The van der Waals surface area contributed by atoms with E-state index in [1.54, 1.807) is 24.3 Å². The van der Waals surface area contributed by atoms with Crippen molar-refractivity contribution in [1.29, 1.82) is 0 Å². The molecular formula is C25H33ClN2O4. The van der Waals surface area contributed by atoms with E-state index in [0.29, 0.717) is 17.1 Å². The number of hydrogen-bond donors (Lipinski definition) is 2. The maximum atomic E-state index is 12.6. The van der Waals surface area contributed by atoms with Gasteiger partial charge in [-0.05, 0) is 91.9 Å². The fraction of sp³-hybridized carbons (Fsp3) is 0.640. The van der Waals surface area contributed by atoms with E-state index in [1.165, 1.54) is 38.5 Å². The van der Waals surface area contributed by atoms with Crippen LogP contribution in [0.4, 0.5) is 0 Å². The minimum atomic E-state index is -0.839. The highest BCUT2D eigenvalue weighted by atomic mass is 35.5. The monoisotopic (exact) mass is 460 g/mol. The van der Waals surface area contributed by atoms with Gasteiger partial charge in [0, 0.05) is 17.1 Å². The minimum absolute atomic E-state index is 0.186. The zero-order valence-electron chi connectivity index (χ0n) is 18.9. The molecule has 1 atom stereocenters. The van der Waals surface area contributed by atoms with E-state index in [4.69, 9.17) is 16.3 Å². The van der Waals surface area contributed by atoms with Crippen molar-refractivity contribution in [3.63, 3.8) is 0 Å². The van der Waals surface area contributed by atoms with Crippen molar-refractivity contribution >= 4 is 29.4 Å². The molecule has 0 saturated heterocycles. The first-order valence-electron chi connectivity index (χ1n) is 11.7. The van der Waals surface area contributed by atoms with Crippen molar-refractivity contribution in [3.8, 4) is 0 Å². The van der Waals surface area contributed by atoms with Crippen LogP contribution in [0.5, 0.6) is 0 Å². The Morgan fingerprint density at radius 2 is 1.59 bits per heavy atom. The highest BCUT2D eigenvalue weighted by Crippen LogP contribution is 2.59. The Balaban J connectivity index is 1.25. The molecule has 5 rings (SSSR count). The molecule has 0 spiro atoms. The second-order valence-electron chi connectivity index (χ2n) is 10.5. The first kappa shape index (κ1) is 23.1. The predicted octanol–water partition coefficient (Wildman–Crippen LogP) is 3.97. The standard InChI is InChI=1S/C25H33ClN2O4/c1-15(2)22(28-23(30)19-3-5-20(26)6-4-19)24(31)32-13-21(29)27-14-25-10-16-7-17(11-25)9-18(8-16)12-25/h3-6,15-18,22H,7-14H2,1-2H3,(H,27,29)(H,28,30). The molecular weight excluding hydrogens is 428 g/mol. The van der Waals surface area contributed by atoms with Gasteiger partial charge in [-0.25, -0.2) is 4.79 Å². The van der Waals surface area contributed by atoms with Crippen LogP contribution >= 0.6 is 11.6 Å². The lowest BCUT2D eigenvalue weighted by Crippen LogP contribution is -2.51. The van der Waals surface area contributed by atoms with Gasteiger partial charge in [0.05, 0.1) is 0 Å². The topological polar surface area (TPSA) is 84.5 Å². The van der Waals surface area contributed by atoms with Gasteiger partial charge in [0.1, 0.15) is 6.04 Å². The third-order valence-corrected chi connectivity index (χ3v) is 7.74. The van der Waals surface area contributed by atoms with Crippen LogP contribution in [0.15, 0.2) is 24.3 Å². The zero-order valence-corrected chi connectivity index (χ0v) is 19.6. The first-order valence-corrected chi connectivity index (χ1v) is 12.1. The van der Waals surface area contributed by atoms with Crippen molar-refractivity contribution in [2.45, 2.75) is 58.4 Å². The summed E-state index contributed by atoms with van der Waals surface area (Å²) in [5.74, 6) is 1.02. The van der Waals surface area contributed by atoms with Gasteiger partial charge in [-0.3, -0.25) is 9.59 Å². The van der Waals surface area contributed by atoms with Crippen LogP contribution in [0, 0.1) is 29.1 Å². The molecule has 0 heterocycles. The average molecular weight is 461 g/mol. The average Bonchev–Trinajstić information content (AvgIpc) is 2.73. The highest BCUT2D eigenvalue weighted by molar-refractivity contribution is 6.30. The molecule has 0 aliphatic heterocycles. The number of carbonyl (C=O) groups excluding carboxylic acids is 3.